The van der Waals surface area contributed by atoms with E-state index in [1.807, 2.05) is 18.0 Å². The number of amides is 1. The third-order valence-electron chi connectivity index (χ3n) is 5.21. The molecule has 3 rings (SSSR count). The lowest BCUT2D eigenvalue weighted by Crippen LogP contribution is -2.39. The first-order valence-corrected chi connectivity index (χ1v) is 10.9. The third kappa shape index (κ3) is 5.73. The first kappa shape index (κ1) is 21.2. The number of Topliss-reactive ketones (excluding diaryl/α,β-unsaturated/α-hetero) is 1. The standard InChI is InChI=1S/C22H26N2O4S/c1-24(16-8-3-2-4-9-16)21(26)15-29-20-12-6-5-10-17(20)22(27)28-14-19(25)18-11-7-13-23-18/h5-7,10-13,16,23H,2-4,8-9,14-15H2,1H3. The summed E-state index contributed by atoms with van der Waals surface area (Å²) < 4.78 is 5.19. The van der Waals surface area contributed by atoms with Crippen molar-refractivity contribution < 1.29 is 19.1 Å². The maximum atomic E-state index is 12.6. The summed E-state index contributed by atoms with van der Waals surface area (Å²) in [5, 5.41) is 0. The van der Waals surface area contributed by atoms with Gasteiger partial charge in [0.2, 0.25) is 11.7 Å². The monoisotopic (exact) mass is 414 g/mol. The van der Waals surface area contributed by atoms with Gasteiger partial charge in [-0.25, -0.2) is 4.79 Å². The molecule has 0 unspecified atom stereocenters. The number of hydrogen-bond acceptors (Lipinski definition) is 5. The van der Waals surface area contributed by atoms with Crippen LogP contribution in [0.5, 0.6) is 0 Å². The number of nitrogens with one attached hydrogen (secondary N) is 1. The molecule has 1 aliphatic carbocycles. The van der Waals surface area contributed by atoms with Crippen LogP contribution in [0.1, 0.15) is 53.0 Å². The average molecular weight is 415 g/mol. The zero-order valence-electron chi connectivity index (χ0n) is 16.6. The molecule has 1 aromatic carbocycles. The van der Waals surface area contributed by atoms with Gasteiger partial charge in [0.25, 0.3) is 0 Å². The Morgan fingerprint density at radius 3 is 2.59 bits per heavy atom. The Labute approximate surface area is 175 Å². The van der Waals surface area contributed by atoms with E-state index in [-0.39, 0.29) is 24.1 Å². The number of carbonyl (C=O) groups excluding carboxylic acids is 3. The smallest absolute Gasteiger partial charge is 0.339 e. The average Bonchev–Trinajstić information content (AvgIpc) is 3.31. The molecular formula is C22H26N2O4S. The number of ether oxygens (including phenoxy) is 1. The molecule has 154 valence electrons. The Hall–Kier alpha value is -2.54. The van der Waals surface area contributed by atoms with Gasteiger partial charge < -0.3 is 14.6 Å². The van der Waals surface area contributed by atoms with Crippen molar-refractivity contribution in [2.24, 2.45) is 0 Å². The van der Waals surface area contributed by atoms with E-state index in [2.05, 4.69) is 4.98 Å². The molecule has 0 radical (unpaired) electrons. The third-order valence-corrected chi connectivity index (χ3v) is 6.26. The molecule has 0 saturated heterocycles. The molecule has 1 aromatic heterocycles. The van der Waals surface area contributed by atoms with Crippen molar-refractivity contribution in [2.75, 3.05) is 19.4 Å². The minimum Gasteiger partial charge on any atom is -0.454 e. The Kier molecular flexibility index (Phi) is 7.52. The molecule has 1 amide bonds. The van der Waals surface area contributed by atoms with Crippen molar-refractivity contribution in [2.45, 2.75) is 43.0 Å². The van der Waals surface area contributed by atoms with Crippen molar-refractivity contribution >= 4 is 29.4 Å². The first-order chi connectivity index (χ1) is 14.1. The van der Waals surface area contributed by atoms with E-state index in [1.54, 1.807) is 36.5 Å². The molecular weight excluding hydrogens is 388 g/mol. The summed E-state index contributed by atoms with van der Waals surface area (Å²) in [6, 6.07) is 10.7. The number of aromatic amines is 1. The fourth-order valence-electron chi connectivity index (χ4n) is 3.46. The van der Waals surface area contributed by atoms with Crippen LogP contribution in [0, 0.1) is 0 Å². The van der Waals surface area contributed by atoms with Crippen LogP contribution >= 0.6 is 11.8 Å². The van der Waals surface area contributed by atoms with Gasteiger partial charge in [-0.05, 0) is 37.1 Å². The zero-order chi connectivity index (χ0) is 20.6. The SMILES string of the molecule is CN(C(=O)CSc1ccccc1C(=O)OCC(=O)c1ccc[nH]1)C1CCCCC1. The molecule has 1 saturated carbocycles. The number of aromatic nitrogens is 1. The number of esters is 1. The molecule has 29 heavy (non-hydrogen) atoms. The Morgan fingerprint density at radius 1 is 1.10 bits per heavy atom. The maximum absolute atomic E-state index is 12.6. The number of nitrogens with zero attached hydrogens (tertiary/aromatic N) is 1. The van der Waals surface area contributed by atoms with E-state index < -0.39 is 5.97 Å². The van der Waals surface area contributed by atoms with Gasteiger partial charge >= 0.3 is 5.97 Å². The van der Waals surface area contributed by atoms with Crippen LogP contribution in [0.4, 0.5) is 0 Å². The summed E-state index contributed by atoms with van der Waals surface area (Å²) in [6.45, 7) is -0.332. The summed E-state index contributed by atoms with van der Waals surface area (Å²) in [5.41, 5.74) is 0.765. The minimum atomic E-state index is -0.568. The molecule has 1 aliphatic rings. The van der Waals surface area contributed by atoms with Crippen LogP contribution in [-0.4, -0.2) is 53.0 Å². The van der Waals surface area contributed by atoms with Crippen LogP contribution in [0.25, 0.3) is 0 Å². The highest BCUT2D eigenvalue weighted by molar-refractivity contribution is 8.00. The van der Waals surface area contributed by atoms with Crippen LogP contribution in [-0.2, 0) is 9.53 Å². The van der Waals surface area contributed by atoms with E-state index in [4.69, 9.17) is 4.74 Å². The van der Waals surface area contributed by atoms with Gasteiger partial charge in [-0.1, -0.05) is 31.4 Å². The second-order valence-electron chi connectivity index (χ2n) is 7.16. The lowest BCUT2D eigenvalue weighted by atomic mass is 9.94. The number of carbonyl (C=O) groups is 3. The second-order valence-corrected chi connectivity index (χ2v) is 8.18. The predicted octanol–water partition coefficient (Wildman–Crippen LogP) is 3.94. The van der Waals surface area contributed by atoms with Crippen molar-refractivity contribution in [1.29, 1.82) is 0 Å². The second kappa shape index (κ2) is 10.3. The highest BCUT2D eigenvalue weighted by Gasteiger charge is 2.23. The van der Waals surface area contributed by atoms with Gasteiger partial charge in [-0.3, -0.25) is 9.59 Å². The highest BCUT2D eigenvalue weighted by Crippen LogP contribution is 2.26. The Bertz CT molecular complexity index is 844. The molecule has 1 N–H and O–H groups in total. The number of rotatable bonds is 8. The van der Waals surface area contributed by atoms with Crippen LogP contribution < -0.4 is 0 Å². The van der Waals surface area contributed by atoms with Gasteiger partial charge in [-0.2, -0.15) is 0 Å². The van der Waals surface area contributed by atoms with Crippen molar-refractivity contribution in [3.63, 3.8) is 0 Å². The predicted molar refractivity (Wildman–Crippen MR) is 112 cm³/mol. The molecule has 0 bridgehead atoms. The molecule has 1 fully saturated rings. The maximum Gasteiger partial charge on any atom is 0.339 e. The Morgan fingerprint density at radius 2 is 1.86 bits per heavy atom. The van der Waals surface area contributed by atoms with E-state index in [0.717, 1.165) is 12.8 Å². The number of ketones is 1. The topological polar surface area (TPSA) is 79.5 Å². The van der Waals surface area contributed by atoms with E-state index in [0.29, 0.717) is 22.2 Å². The van der Waals surface area contributed by atoms with Crippen molar-refractivity contribution in [3.05, 3.63) is 53.9 Å². The highest BCUT2D eigenvalue weighted by atomic mass is 32.2. The van der Waals surface area contributed by atoms with Gasteiger partial charge in [0, 0.05) is 24.2 Å². The van der Waals surface area contributed by atoms with Crippen LogP contribution in [0.2, 0.25) is 0 Å². The van der Waals surface area contributed by atoms with Gasteiger partial charge in [0.05, 0.1) is 17.0 Å². The van der Waals surface area contributed by atoms with Gasteiger partial charge in [-0.15, -0.1) is 11.8 Å². The van der Waals surface area contributed by atoms with Gasteiger partial charge in [0.15, 0.2) is 6.61 Å². The number of benzene rings is 1. The normalized spacial score (nSPS) is 14.4. The summed E-state index contributed by atoms with van der Waals surface area (Å²) in [4.78, 5) is 42.4. The Balaban J connectivity index is 1.56. The summed E-state index contributed by atoms with van der Waals surface area (Å²) >= 11 is 1.32. The molecule has 7 heteroatoms. The van der Waals surface area contributed by atoms with E-state index in [1.165, 1.54) is 31.0 Å². The van der Waals surface area contributed by atoms with Crippen molar-refractivity contribution in [1.82, 2.24) is 9.88 Å². The minimum absolute atomic E-state index is 0.0620. The summed E-state index contributed by atoms with van der Waals surface area (Å²) in [6.07, 6.45) is 7.35. The lowest BCUT2D eigenvalue weighted by Gasteiger charge is -2.31. The van der Waals surface area contributed by atoms with Crippen LogP contribution in [0.3, 0.4) is 0 Å². The van der Waals surface area contributed by atoms with E-state index >= 15 is 0 Å². The number of hydrogen-bond donors (Lipinski definition) is 1. The van der Waals surface area contributed by atoms with Gasteiger partial charge in [0.1, 0.15) is 0 Å². The first-order valence-electron chi connectivity index (χ1n) is 9.87. The molecule has 0 spiro atoms. The largest absolute Gasteiger partial charge is 0.454 e. The zero-order valence-corrected chi connectivity index (χ0v) is 17.4. The van der Waals surface area contributed by atoms with E-state index in [9.17, 15) is 14.4 Å². The quantitative estimate of drug-likeness (QED) is 0.402. The fraction of sp³-hybridized carbons (Fsp3) is 0.409. The van der Waals surface area contributed by atoms with Crippen molar-refractivity contribution in [3.8, 4) is 0 Å². The molecule has 2 aromatic rings. The molecule has 0 aliphatic heterocycles. The molecule has 1 heterocycles. The molecule has 6 nitrogen and oxygen atoms in total. The summed E-state index contributed by atoms with van der Waals surface area (Å²) in [5.74, 6) is -0.538. The number of thioether (sulfide) groups is 1. The lowest BCUT2D eigenvalue weighted by molar-refractivity contribution is -0.129. The molecule has 0 atom stereocenters. The summed E-state index contributed by atoms with van der Waals surface area (Å²) in [7, 11) is 1.87. The van der Waals surface area contributed by atoms with Crippen LogP contribution in [0.15, 0.2) is 47.5 Å². The number of H-pyrrole nitrogens is 1. The fourth-order valence-corrected chi connectivity index (χ4v) is 4.43.